The molecule has 3 atom stereocenters. The van der Waals surface area contributed by atoms with Crippen molar-refractivity contribution in [3.05, 3.63) is 0 Å². The maximum atomic E-state index is 12.5. The van der Waals surface area contributed by atoms with Crippen LogP contribution in [0.25, 0.3) is 0 Å². The largest absolute Gasteiger partial charge is 0.380 e. The van der Waals surface area contributed by atoms with Crippen LogP contribution < -0.4 is 0 Å². The van der Waals surface area contributed by atoms with Crippen molar-refractivity contribution in [3.63, 3.8) is 0 Å². The fourth-order valence-electron chi connectivity index (χ4n) is 3.63. The average molecular weight is 312 g/mol. The van der Waals surface area contributed by atoms with Crippen molar-refractivity contribution in [2.75, 3.05) is 46.0 Å². The molecular weight excluding hydrogens is 284 g/mol. The number of hydrogen-bond acceptors (Lipinski definition) is 5. The van der Waals surface area contributed by atoms with Crippen LogP contribution >= 0.6 is 0 Å². The minimum atomic E-state index is -0.306. The van der Waals surface area contributed by atoms with Crippen molar-refractivity contribution < 1.29 is 19.1 Å². The van der Waals surface area contributed by atoms with Crippen LogP contribution in [0.4, 0.5) is 0 Å². The first kappa shape index (κ1) is 16.2. The number of carbonyl (C=O) groups is 1. The molecule has 3 aliphatic heterocycles. The first-order valence-corrected chi connectivity index (χ1v) is 8.67. The summed E-state index contributed by atoms with van der Waals surface area (Å²) in [6.45, 7) is 7.87. The number of hydroxylamine groups is 2. The van der Waals surface area contributed by atoms with E-state index < -0.39 is 0 Å². The highest BCUT2D eigenvalue weighted by molar-refractivity contribution is 5.80. The van der Waals surface area contributed by atoms with E-state index in [4.69, 9.17) is 14.3 Å². The van der Waals surface area contributed by atoms with Gasteiger partial charge in [-0.1, -0.05) is 0 Å². The molecular formula is C16H28N2O4. The predicted molar refractivity (Wildman–Crippen MR) is 81.2 cm³/mol. The Balaban J connectivity index is 1.47. The summed E-state index contributed by atoms with van der Waals surface area (Å²) >= 11 is 0. The van der Waals surface area contributed by atoms with Crippen molar-refractivity contribution >= 4 is 5.91 Å². The Labute approximate surface area is 132 Å². The SMILES string of the molecule is CCOCCN1CC[C@H]2C[C@@H](C(=O)N3CCCCO3)O[C@@H]2C1. The van der Waals surface area contributed by atoms with E-state index in [2.05, 4.69) is 4.90 Å². The minimum Gasteiger partial charge on any atom is -0.380 e. The maximum absolute atomic E-state index is 12.5. The molecule has 0 aliphatic carbocycles. The molecule has 3 fully saturated rings. The molecule has 0 N–H and O–H groups in total. The summed E-state index contributed by atoms with van der Waals surface area (Å²) in [4.78, 5) is 20.3. The molecule has 0 aromatic carbocycles. The zero-order valence-electron chi connectivity index (χ0n) is 13.5. The fourth-order valence-corrected chi connectivity index (χ4v) is 3.63. The van der Waals surface area contributed by atoms with Crippen molar-refractivity contribution in [1.82, 2.24) is 9.96 Å². The monoisotopic (exact) mass is 312 g/mol. The molecule has 0 saturated carbocycles. The molecule has 3 heterocycles. The van der Waals surface area contributed by atoms with Gasteiger partial charge in [0.1, 0.15) is 6.10 Å². The lowest BCUT2D eigenvalue weighted by Gasteiger charge is -2.33. The first-order chi connectivity index (χ1) is 10.8. The van der Waals surface area contributed by atoms with Crippen LogP contribution in [0.2, 0.25) is 0 Å². The summed E-state index contributed by atoms with van der Waals surface area (Å²) < 4.78 is 11.5. The molecule has 1 amide bonds. The Morgan fingerprint density at radius 3 is 3.00 bits per heavy atom. The van der Waals surface area contributed by atoms with Crippen LogP contribution in [0.15, 0.2) is 0 Å². The van der Waals surface area contributed by atoms with Crippen LogP contribution in [0, 0.1) is 5.92 Å². The number of ether oxygens (including phenoxy) is 2. The van der Waals surface area contributed by atoms with Crippen molar-refractivity contribution in [2.24, 2.45) is 5.92 Å². The predicted octanol–water partition coefficient (Wildman–Crippen LogP) is 1.06. The quantitative estimate of drug-likeness (QED) is 0.711. The third-order valence-corrected chi connectivity index (χ3v) is 4.92. The number of nitrogens with zero attached hydrogens (tertiary/aromatic N) is 2. The lowest BCUT2D eigenvalue weighted by molar-refractivity contribution is -0.206. The van der Waals surface area contributed by atoms with Gasteiger partial charge in [-0.05, 0) is 45.1 Å². The summed E-state index contributed by atoms with van der Waals surface area (Å²) in [5, 5.41) is 1.53. The average Bonchev–Trinajstić information content (AvgIpc) is 2.98. The van der Waals surface area contributed by atoms with E-state index in [-0.39, 0.29) is 18.1 Å². The maximum Gasteiger partial charge on any atom is 0.275 e. The van der Waals surface area contributed by atoms with Gasteiger partial charge in [0, 0.05) is 26.2 Å². The molecule has 126 valence electrons. The second-order valence-electron chi connectivity index (χ2n) is 6.43. The summed E-state index contributed by atoms with van der Waals surface area (Å²) in [7, 11) is 0. The van der Waals surface area contributed by atoms with Crippen LogP contribution in [-0.2, 0) is 19.1 Å². The van der Waals surface area contributed by atoms with Crippen LogP contribution in [0.3, 0.4) is 0 Å². The number of likely N-dealkylation sites (tertiary alicyclic amines) is 1. The fraction of sp³-hybridized carbons (Fsp3) is 0.938. The smallest absolute Gasteiger partial charge is 0.275 e. The molecule has 0 aromatic rings. The van der Waals surface area contributed by atoms with Gasteiger partial charge in [-0.2, -0.15) is 0 Å². The molecule has 0 bridgehead atoms. The van der Waals surface area contributed by atoms with Gasteiger partial charge >= 0.3 is 0 Å². The second kappa shape index (κ2) is 7.73. The van der Waals surface area contributed by atoms with Gasteiger partial charge < -0.3 is 9.47 Å². The molecule has 0 radical (unpaired) electrons. The van der Waals surface area contributed by atoms with E-state index in [1.54, 1.807) is 0 Å². The van der Waals surface area contributed by atoms with E-state index in [9.17, 15) is 4.79 Å². The summed E-state index contributed by atoms with van der Waals surface area (Å²) in [5.74, 6) is 0.539. The van der Waals surface area contributed by atoms with Gasteiger partial charge in [0.25, 0.3) is 5.91 Å². The van der Waals surface area contributed by atoms with Gasteiger partial charge in [-0.15, -0.1) is 0 Å². The Kier molecular flexibility index (Phi) is 5.68. The second-order valence-corrected chi connectivity index (χ2v) is 6.43. The van der Waals surface area contributed by atoms with Gasteiger partial charge in [0.05, 0.1) is 19.3 Å². The van der Waals surface area contributed by atoms with Crippen LogP contribution in [0.5, 0.6) is 0 Å². The normalized spacial score (nSPS) is 33.0. The lowest BCUT2D eigenvalue weighted by Crippen LogP contribution is -2.44. The third kappa shape index (κ3) is 3.79. The topological polar surface area (TPSA) is 51.2 Å². The van der Waals surface area contributed by atoms with E-state index in [0.717, 1.165) is 58.5 Å². The molecule has 3 aliphatic rings. The minimum absolute atomic E-state index is 0.0231. The van der Waals surface area contributed by atoms with Gasteiger partial charge in [0.15, 0.2) is 0 Å². The number of amides is 1. The molecule has 0 aromatic heterocycles. The Bertz CT molecular complexity index is 373. The molecule has 0 unspecified atom stereocenters. The van der Waals surface area contributed by atoms with E-state index >= 15 is 0 Å². The van der Waals surface area contributed by atoms with Crippen LogP contribution in [0.1, 0.15) is 32.6 Å². The highest BCUT2D eigenvalue weighted by Crippen LogP contribution is 2.34. The van der Waals surface area contributed by atoms with E-state index in [0.29, 0.717) is 19.1 Å². The summed E-state index contributed by atoms with van der Waals surface area (Å²) in [6.07, 6.45) is 3.91. The van der Waals surface area contributed by atoms with Crippen LogP contribution in [-0.4, -0.2) is 74.1 Å². The van der Waals surface area contributed by atoms with E-state index in [1.165, 1.54) is 5.06 Å². The molecule has 22 heavy (non-hydrogen) atoms. The Morgan fingerprint density at radius 1 is 1.32 bits per heavy atom. The number of piperidine rings is 1. The first-order valence-electron chi connectivity index (χ1n) is 8.67. The lowest BCUT2D eigenvalue weighted by atomic mass is 9.91. The van der Waals surface area contributed by atoms with Crippen molar-refractivity contribution in [1.29, 1.82) is 0 Å². The number of carbonyl (C=O) groups excluding carboxylic acids is 1. The molecule has 6 heteroatoms. The van der Waals surface area contributed by atoms with E-state index in [1.807, 2.05) is 6.92 Å². The zero-order valence-corrected chi connectivity index (χ0v) is 13.5. The number of rotatable bonds is 5. The number of hydrogen-bond donors (Lipinski definition) is 0. The van der Waals surface area contributed by atoms with Gasteiger partial charge in [-0.25, -0.2) is 5.06 Å². The highest BCUT2D eigenvalue weighted by atomic mass is 16.7. The van der Waals surface area contributed by atoms with Crippen molar-refractivity contribution in [2.45, 2.75) is 44.8 Å². The van der Waals surface area contributed by atoms with Gasteiger partial charge in [-0.3, -0.25) is 14.5 Å². The molecule has 6 nitrogen and oxygen atoms in total. The standard InChI is InChI=1S/C16H28N2O4/c1-2-20-10-8-17-7-5-13-11-14(22-15(13)12-17)16(19)18-6-3-4-9-21-18/h13-15H,2-12H2,1H3/t13-,14-,15+/m0/s1. The Hall–Kier alpha value is -0.690. The highest BCUT2D eigenvalue weighted by Gasteiger charge is 2.43. The van der Waals surface area contributed by atoms with Gasteiger partial charge in [0.2, 0.25) is 0 Å². The Morgan fingerprint density at radius 2 is 2.23 bits per heavy atom. The summed E-state index contributed by atoms with van der Waals surface area (Å²) in [6, 6.07) is 0. The molecule has 3 saturated heterocycles. The summed E-state index contributed by atoms with van der Waals surface area (Å²) in [5.41, 5.74) is 0. The third-order valence-electron chi connectivity index (χ3n) is 4.92. The number of fused-ring (bicyclic) bond motifs is 1. The zero-order chi connectivity index (χ0) is 15.4. The molecule has 3 rings (SSSR count). The molecule has 0 spiro atoms. The van der Waals surface area contributed by atoms with Crippen molar-refractivity contribution in [3.8, 4) is 0 Å².